The molecule has 0 aromatic heterocycles. The van der Waals surface area contributed by atoms with E-state index in [0.717, 1.165) is 24.1 Å². The lowest BCUT2D eigenvalue weighted by Crippen LogP contribution is -2.46. The summed E-state index contributed by atoms with van der Waals surface area (Å²) in [7, 11) is 1.54. The van der Waals surface area contributed by atoms with Crippen LogP contribution in [-0.4, -0.2) is 13.0 Å². The molecular formula is C18H17F2NO2. The summed E-state index contributed by atoms with van der Waals surface area (Å²) in [6, 6.07) is 10.8. The molecule has 0 saturated heterocycles. The standard InChI is InChI=1S/C18H17F2NO2/c1-23-15-9-3-2-6-12(15)18(10-5-11-18)17(22)21-16-13(19)7-4-8-14(16)20/h2-4,6-9H,5,10-11H2,1H3,(H,21,22). The zero-order valence-corrected chi connectivity index (χ0v) is 12.7. The van der Waals surface area contributed by atoms with E-state index in [1.54, 1.807) is 13.2 Å². The number of hydrogen-bond acceptors (Lipinski definition) is 2. The van der Waals surface area contributed by atoms with Crippen LogP contribution < -0.4 is 10.1 Å². The fraction of sp³-hybridized carbons (Fsp3) is 0.278. The maximum Gasteiger partial charge on any atom is 0.235 e. The molecule has 1 fully saturated rings. The summed E-state index contributed by atoms with van der Waals surface area (Å²) in [4.78, 5) is 12.8. The molecule has 23 heavy (non-hydrogen) atoms. The van der Waals surface area contributed by atoms with E-state index in [2.05, 4.69) is 5.32 Å². The van der Waals surface area contributed by atoms with Crippen molar-refractivity contribution in [3.63, 3.8) is 0 Å². The molecule has 5 heteroatoms. The summed E-state index contributed by atoms with van der Waals surface area (Å²) in [6.07, 6.45) is 2.12. The first kappa shape index (κ1) is 15.5. The van der Waals surface area contributed by atoms with Crippen molar-refractivity contribution in [1.29, 1.82) is 0 Å². The van der Waals surface area contributed by atoms with Gasteiger partial charge in [0.2, 0.25) is 5.91 Å². The van der Waals surface area contributed by atoms with Gasteiger partial charge in [-0.3, -0.25) is 4.79 Å². The Morgan fingerprint density at radius 1 is 1.09 bits per heavy atom. The lowest BCUT2D eigenvalue weighted by atomic mass is 9.63. The molecule has 1 aliphatic carbocycles. The molecule has 3 rings (SSSR count). The van der Waals surface area contributed by atoms with Gasteiger partial charge in [-0.25, -0.2) is 8.78 Å². The lowest BCUT2D eigenvalue weighted by Gasteiger charge is -2.41. The monoisotopic (exact) mass is 317 g/mol. The van der Waals surface area contributed by atoms with Gasteiger partial charge in [0.05, 0.1) is 12.5 Å². The maximum atomic E-state index is 13.8. The Kier molecular flexibility index (Phi) is 4.03. The topological polar surface area (TPSA) is 38.3 Å². The molecule has 1 saturated carbocycles. The average Bonchev–Trinajstić information content (AvgIpc) is 2.50. The Morgan fingerprint density at radius 2 is 1.74 bits per heavy atom. The second kappa shape index (κ2) is 5.99. The number of methoxy groups -OCH3 is 1. The van der Waals surface area contributed by atoms with Crippen LogP contribution in [0.5, 0.6) is 5.75 Å². The number of carbonyl (C=O) groups excluding carboxylic acids is 1. The quantitative estimate of drug-likeness (QED) is 0.924. The van der Waals surface area contributed by atoms with Crippen molar-refractivity contribution in [3.05, 3.63) is 59.7 Å². The molecule has 0 atom stereocenters. The van der Waals surface area contributed by atoms with Gasteiger partial charge in [-0.2, -0.15) is 0 Å². The molecule has 0 bridgehead atoms. The predicted octanol–water partition coefficient (Wildman–Crippen LogP) is 4.03. The summed E-state index contributed by atoms with van der Waals surface area (Å²) < 4.78 is 32.9. The van der Waals surface area contributed by atoms with E-state index in [0.29, 0.717) is 18.6 Å². The van der Waals surface area contributed by atoms with Crippen molar-refractivity contribution in [2.24, 2.45) is 0 Å². The van der Waals surface area contributed by atoms with E-state index in [1.165, 1.54) is 6.07 Å². The van der Waals surface area contributed by atoms with Gasteiger partial charge in [0.1, 0.15) is 23.1 Å². The number of carbonyl (C=O) groups is 1. The van der Waals surface area contributed by atoms with Crippen LogP contribution in [0.3, 0.4) is 0 Å². The SMILES string of the molecule is COc1ccccc1C1(C(=O)Nc2c(F)cccc2F)CCC1. The van der Waals surface area contributed by atoms with E-state index >= 15 is 0 Å². The highest BCUT2D eigenvalue weighted by atomic mass is 19.1. The Balaban J connectivity index is 1.96. The molecule has 0 unspecified atom stereocenters. The second-order valence-corrected chi connectivity index (χ2v) is 5.69. The third-order valence-corrected chi connectivity index (χ3v) is 4.47. The van der Waals surface area contributed by atoms with E-state index in [4.69, 9.17) is 4.74 Å². The first-order chi connectivity index (χ1) is 11.1. The Hall–Kier alpha value is -2.43. The number of anilines is 1. The molecule has 0 spiro atoms. The van der Waals surface area contributed by atoms with Gasteiger partial charge >= 0.3 is 0 Å². The number of amides is 1. The molecule has 2 aromatic rings. The van der Waals surface area contributed by atoms with Crippen LogP contribution in [0, 0.1) is 11.6 Å². The van der Waals surface area contributed by atoms with E-state index in [-0.39, 0.29) is 0 Å². The van der Waals surface area contributed by atoms with Crippen LogP contribution >= 0.6 is 0 Å². The number of benzene rings is 2. The van der Waals surface area contributed by atoms with Crippen LogP contribution in [0.25, 0.3) is 0 Å². The summed E-state index contributed by atoms with van der Waals surface area (Å²) in [5.74, 6) is -1.37. The fourth-order valence-electron chi connectivity index (χ4n) is 3.04. The Labute approximate surface area is 133 Å². The van der Waals surface area contributed by atoms with Gasteiger partial charge in [0, 0.05) is 5.56 Å². The smallest absolute Gasteiger partial charge is 0.235 e. The van der Waals surface area contributed by atoms with Gasteiger partial charge < -0.3 is 10.1 Å². The minimum absolute atomic E-state index is 0.404. The third kappa shape index (κ3) is 2.56. The molecule has 1 aliphatic rings. The lowest BCUT2D eigenvalue weighted by molar-refractivity contribution is -0.124. The molecule has 2 aromatic carbocycles. The summed E-state index contributed by atoms with van der Waals surface area (Å²) in [6.45, 7) is 0. The zero-order chi connectivity index (χ0) is 16.4. The fourth-order valence-corrected chi connectivity index (χ4v) is 3.04. The number of rotatable bonds is 4. The number of hydrogen-bond donors (Lipinski definition) is 1. The summed E-state index contributed by atoms with van der Waals surface area (Å²) >= 11 is 0. The molecule has 0 radical (unpaired) electrons. The highest BCUT2D eigenvalue weighted by Gasteiger charge is 2.47. The Morgan fingerprint density at radius 3 is 2.30 bits per heavy atom. The summed E-state index contributed by atoms with van der Waals surface area (Å²) in [5.41, 5.74) is -0.455. The van der Waals surface area contributed by atoms with Crippen molar-refractivity contribution in [2.45, 2.75) is 24.7 Å². The number of para-hydroxylation sites is 2. The van der Waals surface area contributed by atoms with Gasteiger partial charge in [0.15, 0.2) is 0 Å². The highest BCUT2D eigenvalue weighted by Crippen LogP contribution is 2.48. The van der Waals surface area contributed by atoms with Crippen LogP contribution in [0.2, 0.25) is 0 Å². The van der Waals surface area contributed by atoms with Crippen molar-refractivity contribution in [1.82, 2.24) is 0 Å². The zero-order valence-electron chi connectivity index (χ0n) is 12.7. The largest absolute Gasteiger partial charge is 0.496 e. The van der Waals surface area contributed by atoms with Gasteiger partial charge in [0.25, 0.3) is 0 Å². The van der Waals surface area contributed by atoms with Crippen LogP contribution in [0.15, 0.2) is 42.5 Å². The molecular weight excluding hydrogens is 300 g/mol. The minimum atomic E-state index is -0.804. The maximum absolute atomic E-state index is 13.8. The van der Waals surface area contributed by atoms with Crippen LogP contribution in [0.1, 0.15) is 24.8 Å². The molecule has 0 aliphatic heterocycles. The Bertz CT molecular complexity index is 721. The van der Waals surface area contributed by atoms with Gasteiger partial charge in [-0.05, 0) is 31.0 Å². The van der Waals surface area contributed by atoms with Crippen molar-refractivity contribution >= 4 is 11.6 Å². The van der Waals surface area contributed by atoms with Crippen molar-refractivity contribution in [2.75, 3.05) is 12.4 Å². The second-order valence-electron chi connectivity index (χ2n) is 5.69. The average molecular weight is 317 g/mol. The van der Waals surface area contributed by atoms with Crippen molar-refractivity contribution < 1.29 is 18.3 Å². The number of ether oxygens (including phenoxy) is 1. The van der Waals surface area contributed by atoms with Crippen molar-refractivity contribution in [3.8, 4) is 5.75 Å². The highest BCUT2D eigenvalue weighted by molar-refractivity contribution is 6.00. The molecule has 0 heterocycles. The predicted molar refractivity (Wildman–Crippen MR) is 83.5 cm³/mol. The number of nitrogens with one attached hydrogen (secondary N) is 1. The van der Waals surface area contributed by atoms with E-state index in [9.17, 15) is 13.6 Å². The number of halogens is 2. The molecule has 1 N–H and O–H groups in total. The van der Waals surface area contributed by atoms with Gasteiger partial charge in [-0.1, -0.05) is 30.7 Å². The molecule has 3 nitrogen and oxygen atoms in total. The van der Waals surface area contributed by atoms with Gasteiger partial charge in [-0.15, -0.1) is 0 Å². The first-order valence-electron chi connectivity index (χ1n) is 7.47. The first-order valence-corrected chi connectivity index (χ1v) is 7.47. The third-order valence-electron chi connectivity index (χ3n) is 4.47. The van der Waals surface area contributed by atoms with E-state index in [1.807, 2.05) is 18.2 Å². The van der Waals surface area contributed by atoms with Crippen LogP contribution in [-0.2, 0) is 10.2 Å². The molecule has 1 amide bonds. The van der Waals surface area contributed by atoms with E-state index < -0.39 is 28.6 Å². The minimum Gasteiger partial charge on any atom is -0.496 e. The normalized spacial score (nSPS) is 15.6. The summed E-state index contributed by atoms with van der Waals surface area (Å²) in [5, 5.41) is 2.43. The molecule has 120 valence electrons. The van der Waals surface area contributed by atoms with Crippen LogP contribution in [0.4, 0.5) is 14.5 Å².